The highest BCUT2D eigenvalue weighted by Crippen LogP contribution is 2.37. The number of phenolic OH excluding ortho intramolecular Hbond substituents is 1. The van der Waals surface area contributed by atoms with Gasteiger partial charge in [0.25, 0.3) is 0 Å². The Bertz CT molecular complexity index is 523. The van der Waals surface area contributed by atoms with E-state index in [0.29, 0.717) is 5.56 Å². The number of Topliss-reactive ketones (excluding diaryl/α,β-unsaturated/α-hetero) is 1. The lowest BCUT2D eigenvalue weighted by molar-refractivity contribution is -0.143. The lowest BCUT2D eigenvalue weighted by atomic mass is 10.1. The summed E-state index contributed by atoms with van der Waals surface area (Å²) in [6.07, 6.45) is 2.52. The van der Waals surface area contributed by atoms with E-state index in [9.17, 15) is 14.7 Å². The fourth-order valence-corrected chi connectivity index (χ4v) is 1.42. The van der Waals surface area contributed by atoms with Crippen LogP contribution in [-0.4, -0.2) is 49.4 Å². The van der Waals surface area contributed by atoms with E-state index < -0.39 is 25.0 Å². The molecule has 0 saturated carbocycles. The lowest BCUT2D eigenvalue weighted by Gasteiger charge is -2.09. The maximum atomic E-state index is 11.4. The smallest absolute Gasteiger partial charge is 0.331 e. The third-order valence-electron chi connectivity index (χ3n) is 2.47. The molecule has 0 amide bonds. The number of aliphatic hydroxyl groups excluding tert-OH is 1. The molecule has 0 bridgehead atoms. The Labute approximate surface area is 121 Å². The molecule has 0 atom stereocenters. The third-order valence-corrected chi connectivity index (χ3v) is 2.47. The summed E-state index contributed by atoms with van der Waals surface area (Å²) in [5, 5.41) is 18.2. The molecule has 1 rings (SSSR count). The molecule has 0 fully saturated rings. The number of rotatable bonds is 7. The third kappa shape index (κ3) is 4.81. The van der Waals surface area contributed by atoms with Gasteiger partial charge in [-0.1, -0.05) is 0 Å². The van der Waals surface area contributed by atoms with Gasteiger partial charge < -0.3 is 24.4 Å². The van der Waals surface area contributed by atoms with E-state index in [1.165, 1.54) is 32.4 Å². The van der Waals surface area contributed by atoms with Crippen LogP contribution in [0.2, 0.25) is 0 Å². The Kier molecular flexibility index (Phi) is 6.22. The van der Waals surface area contributed by atoms with Crippen LogP contribution in [0.4, 0.5) is 0 Å². The molecule has 1 aromatic rings. The van der Waals surface area contributed by atoms with Crippen molar-refractivity contribution in [1.82, 2.24) is 0 Å². The van der Waals surface area contributed by atoms with E-state index in [1.807, 2.05) is 0 Å². The van der Waals surface area contributed by atoms with Gasteiger partial charge in [-0.2, -0.15) is 0 Å². The Hall–Kier alpha value is -2.54. The molecule has 0 spiro atoms. The van der Waals surface area contributed by atoms with E-state index in [2.05, 4.69) is 4.74 Å². The predicted octanol–water partition coefficient (Wildman–Crippen LogP) is 0.527. The minimum absolute atomic E-state index is 0.145. The van der Waals surface area contributed by atoms with E-state index in [-0.39, 0.29) is 17.2 Å². The van der Waals surface area contributed by atoms with Gasteiger partial charge in [0.1, 0.15) is 6.61 Å². The van der Waals surface area contributed by atoms with Gasteiger partial charge in [-0.05, 0) is 23.8 Å². The molecule has 0 heterocycles. The number of methoxy groups -OCH3 is 2. The summed E-state index contributed by atoms with van der Waals surface area (Å²) < 4.78 is 14.6. The van der Waals surface area contributed by atoms with Gasteiger partial charge in [-0.25, -0.2) is 4.79 Å². The van der Waals surface area contributed by atoms with Crippen LogP contribution in [0.15, 0.2) is 18.2 Å². The van der Waals surface area contributed by atoms with Crippen molar-refractivity contribution in [1.29, 1.82) is 0 Å². The largest absolute Gasteiger partial charge is 0.502 e. The summed E-state index contributed by atoms with van der Waals surface area (Å²) in [7, 11) is 2.77. The molecule has 0 saturated heterocycles. The fourth-order valence-electron chi connectivity index (χ4n) is 1.42. The number of benzene rings is 1. The van der Waals surface area contributed by atoms with Gasteiger partial charge in [0, 0.05) is 6.08 Å². The van der Waals surface area contributed by atoms with Crippen LogP contribution in [0, 0.1) is 0 Å². The minimum Gasteiger partial charge on any atom is -0.502 e. The molecule has 1 aromatic carbocycles. The van der Waals surface area contributed by atoms with E-state index in [0.717, 1.165) is 6.08 Å². The summed E-state index contributed by atoms with van der Waals surface area (Å²) in [6, 6.07) is 3.00. The van der Waals surface area contributed by atoms with Crippen LogP contribution in [0.1, 0.15) is 5.56 Å². The van der Waals surface area contributed by atoms with Crippen molar-refractivity contribution in [3.8, 4) is 17.2 Å². The molecule has 0 radical (unpaired) electrons. The van der Waals surface area contributed by atoms with Crippen molar-refractivity contribution in [3.05, 3.63) is 23.8 Å². The van der Waals surface area contributed by atoms with Crippen LogP contribution < -0.4 is 9.47 Å². The van der Waals surface area contributed by atoms with Gasteiger partial charge >= 0.3 is 5.97 Å². The zero-order valence-electron chi connectivity index (χ0n) is 11.7. The maximum absolute atomic E-state index is 11.4. The summed E-state index contributed by atoms with van der Waals surface area (Å²) in [5.41, 5.74) is 0.534. The molecule has 0 aliphatic heterocycles. The van der Waals surface area contributed by atoms with Crippen molar-refractivity contribution >= 4 is 17.8 Å². The summed E-state index contributed by atoms with van der Waals surface area (Å²) >= 11 is 0. The van der Waals surface area contributed by atoms with Gasteiger partial charge in [0.05, 0.1) is 14.2 Å². The monoisotopic (exact) mass is 296 g/mol. The molecular formula is C14H16O7. The van der Waals surface area contributed by atoms with Crippen LogP contribution in [0.3, 0.4) is 0 Å². The van der Waals surface area contributed by atoms with Crippen molar-refractivity contribution in [2.75, 3.05) is 27.4 Å². The molecule has 7 nitrogen and oxygen atoms in total. The molecule has 0 aliphatic rings. The summed E-state index contributed by atoms with van der Waals surface area (Å²) in [4.78, 5) is 22.1. The lowest BCUT2D eigenvalue weighted by Crippen LogP contribution is -2.15. The number of ketones is 1. The number of esters is 1. The quantitative estimate of drug-likeness (QED) is 0.559. The number of phenols is 1. The molecule has 0 aromatic heterocycles. The number of aromatic hydroxyl groups is 1. The van der Waals surface area contributed by atoms with Gasteiger partial charge in [-0.3, -0.25) is 4.79 Å². The van der Waals surface area contributed by atoms with Gasteiger partial charge in [0.15, 0.2) is 23.9 Å². The number of hydrogen-bond donors (Lipinski definition) is 2. The second-order valence-electron chi connectivity index (χ2n) is 3.91. The van der Waals surface area contributed by atoms with Crippen molar-refractivity contribution in [2.24, 2.45) is 0 Å². The Balaban J connectivity index is 2.80. The molecule has 21 heavy (non-hydrogen) atoms. The zero-order valence-corrected chi connectivity index (χ0v) is 11.7. The Morgan fingerprint density at radius 1 is 1.19 bits per heavy atom. The van der Waals surface area contributed by atoms with E-state index >= 15 is 0 Å². The maximum Gasteiger partial charge on any atom is 0.331 e. The average molecular weight is 296 g/mol. The first-order valence-corrected chi connectivity index (χ1v) is 5.94. The first kappa shape index (κ1) is 16.5. The van der Waals surface area contributed by atoms with Crippen molar-refractivity contribution in [3.63, 3.8) is 0 Å². The Morgan fingerprint density at radius 2 is 1.76 bits per heavy atom. The Morgan fingerprint density at radius 3 is 2.24 bits per heavy atom. The molecule has 114 valence electrons. The fraction of sp³-hybridized carbons (Fsp3) is 0.286. The highest BCUT2D eigenvalue weighted by atomic mass is 16.5. The molecule has 0 unspecified atom stereocenters. The van der Waals surface area contributed by atoms with E-state index in [4.69, 9.17) is 14.6 Å². The summed E-state index contributed by atoms with van der Waals surface area (Å²) in [6.45, 7) is -1.16. The SMILES string of the molecule is COc1cc(C=CC(=O)OCC(=O)CO)cc(OC)c1O. The van der Waals surface area contributed by atoms with Crippen molar-refractivity contribution < 1.29 is 34.0 Å². The van der Waals surface area contributed by atoms with Gasteiger partial charge in [0.2, 0.25) is 5.75 Å². The topological polar surface area (TPSA) is 102 Å². The number of carbonyl (C=O) groups is 2. The molecule has 0 aliphatic carbocycles. The first-order chi connectivity index (χ1) is 10.0. The number of hydrogen-bond acceptors (Lipinski definition) is 7. The number of aliphatic hydroxyl groups is 1. The van der Waals surface area contributed by atoms with Crippen LogP contribution >= 0.6 is 0 Å². The zero-order chi connectivity index (χ0) is 15.8. The standard InChI is InChI=1S/C14H16O7/c1-19-11-5-9(6-12(20-2)14(11)18)3-4-13(17)21-8-10(16)7-15/h3-6,15,18H,7-8H2,1-2H3. The predicted molar refractivity (Wildman–Crippen MR) is 73.3 cm³/mol. The molecular weight excluding hydrogens is 280 g/mol. The van der Waals surface area contributed by atoms with Crippen LogP contribution in [0.5, 0.6) is 17.2 Å². The van der Waals surface area contributed by atoms with E-state index in [1.54, 1.807) is 0 Å². The first-order valence-electron chi connectivity index (χ1n) is 5.94. The van der Waals surface area contributed by atoms with Crippen LogP contribution in [-0.2, 0) is 14.3 Å². The average Bonchev–Trinajstić information content (AvgIpc) is 2.51. The number of ether oxygens (including phenoxy) is 3. The normalized spacial score (nSPS) is 10.4. The van der Waals surface area contributed by atoms with Gasteiger partial charge in [-0.15, -0.1) is 0 Å². The highest BCUT2D eigenvalue weighted by Gasteiger charge is 2.10. The minimum atomic E-state index is -0.734. The summed E-state index contributed by atoms with van der Waals surface area (Å²) in [5.74, 6) is -1.09. The second-order valence-corrected chi connectivity index (χ2v) is 3.91. The van der Waals surface area contributed by atoms with Crippen molar-refractivity contribution in [2.45, 2.75) is 0 Å². The molecule has 7 heteroatoms. The van der Waals surface area contributed by atoms with Crippen LogP contribution in [0.25, 0.3) is 6.08 Å². The second kappa shape index (κ2) is 7.91. The molecule has 2 N–H and O–H groups in total. The highest BCUT2D eigenvalue weighted by molar-refractivity contribution is 5.90. The number of carbonyl (C=O) groups excluding carboxylic acids is 2.